The van der Waals surface area contributed by atoms with E-state index in [1.54, 1.807) is 11.8 Å². The van der Waals surface area contributed by atoms with E-state index in [0.717, 1.165) is 0 Å². The van der Waals surface area contributed by atoms with Crippen molar-refractivity contribution in [2.45, 2.75) is 4.90 Å². The normalized spacial score (nSPS) is 10.4. The van der Waals surface area contributed by atoms with Crippen LogP contribution in [0.1, 0.15) is 0 Å². The lowest BCUT2D eigenvalue weighted by Crippen LogP contribution is -2.01. The van der Waals surface area contributed by atoms with Crippen LogP contribution in [0, 0.1) is 0 Å². The van der Waals surface area contributed by atoms with Crippen LogP contribution in [0.2, 0.25) is 0 Å². The number of hydrogen-bond acceptors (Lipinski definition) is 1. The van der Waals surface area contributed by atoms with Gasteiger partial charge in [-0.3, -0.25) is 0 Å². The molecule has 1 aromatic heterocycles. The largest absolute Gasteiger partial charge is 0.211 e. The highest BCUT2D eigenvalue weighted by Gasteiger charge is 2.02. The number of nitrogens with one attached hydrogen (secondary N) is 1. The Bertz CT molecular complexity index is 392. The predicted octanol–water partition coefficient (Wildman–Crippen LogP) is 2.38. The third-order valence-corrected chi connectivity index (χ3v) is 2.68. The van der Waals surface area contributed by atoms with Gasteiger partial charge in [-0.15, -0.1) is 11.8 Å². The zero-order valence-electron chi connectivity index (χ0n) is 6.87. The quantitative estimate of drug-likeness (QED) is 0.608. The molecule has 0 fully saturated rings. The number of rotatable bonds is 1. The van der Waals surface area contributed by atoms with Crippen LogP contribution in [0.5, 0.6) is 0 Å². The van der Waals surface area contributed by atoms with Crippen LogP contribution in [0.25, 0.3) is 10.9 Å². The van der Waals surface area contributed by atoms with Crippen molar-refractivity contribution in [2.24, 2.45) is 0 Å². The summed E-state index contributed by atoms with van der Waals surface area (Å²) in [5, 5.41) is 1.30. The standard InChI is InChI=1S/C10H9NS/c1-12-10-6-7-11-9-5-3-2-4-8(9)10/h2-7H,1H3/p+1. The lowest BCUT2D eigenvalue weighted by molar-refractivity contribution is -0.345. The fourth-order valence-corrected chi connectivity index (χ4v) is 1.90. The lowest BCUT2D eigenvalue weighted by Gasteiger charge is -1.96. The first-order chi connectivity index (χ1) is 5.92. The molecule has 2 heteroatoms. The molecule has 0 aliphatic rings. The minimum atomic E-state index is 1.20. The molecule has 2 rings (SSSR count). The van der Waals surface area contributed by atoms with Crippen molar-refractivity contribution in [1.82, 2.24) is 0 Å². The minimum absolute atomic E-state index is 1.20. The zero-order valence-corrected chi connectivity index (χ0v) is 7.69. The number of para-hydroxylation sites is 1. The summed E-state index contributed by atoms with van der Waals surface area (Å²) in [6.45, 7) is 0. The van der Waals surface area contributed by atoms with E-state index in [2.05, 4.69) is 35.5 Å². The number of aromatic nitrogens is 1. The maximum absolute atomic E-state index is 3.21. The summed E-state index contributed by atoms with van der Waals surface area (Å²) in [5.74, 6) is 0. The van der Waals surface area contributed by atoms with E-state index in [9.17, 15) is 0 Å². The first-order valence-electron chi connectivity index (χ1n) is 3.85. The Balaban J connectivity index is 2.79. The number of H-pyrrole nitrogens is 1. The third kappa shape index (κ3) is 1.18. The molecular weight excluding hydrogens is 166 g/mol. The van der Waals surface area contributed by atoms with E-state index in [0.29, 0.717) is 0 Å². The Labute approximate surface area is 75.8 Å². The van der Waals surface area contributed by atoms with Crippen molar-refractivity contribution in [2.75, 3.05) is 6.26 Å². The summed E-state index contributed by atoms with van der Waals surface area (Å²) in [4.78, 5) is 4.54. The summed E-state index contributed by atoms with van der Waals surface area (Å²) < 4.78 is 0. The molecule has 0 aliphatic heterocycles. The van der Waals surface area contributed by atoms with Gasteiger partial charge in [-0.25, -0.2) is 4.98 Å². The monoisotopic (exact) mass is 176 g/mol. The molecule has 0 radical (unpaired) electrons. The Morgan fingerprint density at radius 1 is 1.17 bits per heavy atom. The zero-order chi connectivity index (χ0) is 8.39. The van der Waals surface area contributed by atoms with Crippen LogP contribution < -0.4 is 4.98 Å². The molecule has 1 aromatic carbocycles. The molecule has 0 amide bonds. The number of benzene rings is 1. The molecule has 60 valence electrons. The second kappa shape index (κ2) is 3.15. The van der Waals surface area contributed by atoms with Gasteiger partial charge in [0, 0.05) is 17.0 Å². The van der Waals surface area contributed by atoms with Crippen LogP contribution in [-0.4, -0.2) is 6.26 Å². The molecular formula is C10H10NS+. The fourth-order valence-electron chi connectivity index (χ4n) is 1.30. The molecule has 0 aliphatic carbocycles. The molecule has 1 N–H and O–H groups in total. The van der Waals surface area contributed by atoms with Gasteiger partial charge in [0.1, 0.15) is 0 Å². The van der Waals surface area contributed by atoms with Crippen molar-refractivity contribution in [3.05, 3.63) is 36.5 Å². The number of thioether (sulfide) groups is 1. The molecule has 1 nitrogen and oxygen atoms in total. The maximum atomic E-state index is 3.21. The fraction of sp³-hybridized carbons (Fsp3) is 0.100. The molecule has 0 saturated heterocycles. The molecule has 0 bridgehead atoms. The van der Waals surface area contributed by atoms with Gasteiger partial charge < -0.3 is 0 Å². The van der Waals surface area contributed by atoms with E-state index in [1.807, 2.05) is 12.3 Å². The van der Waals surface area contributed by atoms with Gasteiger partial charge in [-0.05, 0) is 12.3 Å². The van der Waals surface area contributed by atoms with Gasteiger partial charge in [-0.1, -0.05) is 12.1 Å². The lowest BCUT2D eigenvalue weighted by atomic mass is 10.2. The Kier molecular flexibility index (Phi) is 2.00. The number of fused-ring (bicyclic) bond motifs is 1. The van der Waals surface area contributed by atoms with Crippen molar-refractivity contribution in [3.63, 3.8) is 0 Å². The second-order valence-electron chi connectivity index (χ2n) is 2.59. The highest BCUT2D eigenvalue weighted by atomic mass is 32.2. The molecule has 0 spiro atoms. The van der Waals surface area contributed by atoms with E-state index in [-0.39, 0.29) is 0 Å². The first-order valence-corrected chi connectivity index (χ1v) is 5.08. The summed E-state index contributed by atoms with van der Waals surface area (Å²) in [5.41, 5.74) is 1.20. The van der Waals surface area contributed by atoms with Gasteiger partial charge in [-0.2, -0.15) is 0 Å². The van der Waals surface area contributed by atoms with E-state index < -0.39 is 0 Å². The highest BCUT2D eigenvalue weighted by molar-refractivity contribution is 7.98. The number of aromatic amines is 1. The Morgan fingerprint density at radius 2 is 2.00 bits per heavy atom. The third-order valence-electron chi connectivity index (χ3n) is 1.89. The summed E-state index contributed by atoms with van der Waals surface area (Å²) in [6, 6.07) is 10.4. The van der Waals surface area contributed by atoms with E-state index in [1.165, 1.54) is 15.8 Å². The summed E-state index contributed by atoms with van der Waals surface area (Å²) in [6.07, 6.45) is 4.08. The topological polar surface area (TPSA) is 14.1 Å². The summed E-state index contributed by atoms with van der Waals surface area (Å²) in [7, 11) is 0. The van der Waals surface area contributed by atoms with Crippen LogP contribution in [0.15, 0.2) is 41.4 Å². The van der Waals surface area contributed by atoms with Gasteiger partial charge in [0.2, 0.25) is 5.52 Å². The van der Waals surface area contributed by atoms with Crippen LogP contribution >= 0.6 is 11.8 Å². The van der Waals surface area contributed by atoms with Crippen molar-refractivity contribution in [1.29, 1.82) is 0 Å². The van der Waals surface area contributed by atoms with Gasteiger partial charge in [0.05, 0.1) is 5.39 Å². The Morgan fingerprint density at radius 3 is 2.83 bits per heavy atom. The minimum Gasteiger partial charge on any atom is -0.211 e. The van der Waals surface area contributed by atoms with Crippen LogP contribution in [0.3, 0.4) is 0 Å². The second-order valence-corrected chi connectivity index (χ2v) is 3.44. The predicted molar refractivity (Wildman–Crippen MR) is 52.3 cm³/mol. The van der Waals surface area contributed by atoms with Gasteiger partial charge >= 0.3 is 0 Å². The summed E-state index contributed by atoms with van der Waals surface area (Å²) >= 11 is 1.78. The van der Waals surface area contributed by atoms with Crippen molar-refractivity contribution >= 4 is 22.7 Å². The average Bonchev–Trinajstić information content (AvgIpc) is 2.17. The molecule has 0 unspecified atom stereocenters. The first kappa shape index (κ1) is 7.62. The molecule has 12 heavy (non-hydrogen) atoms. The molecule has 2 aromatic rings. The molecule has 0 saturated carbocycles. The number of hydrogen-bond donors (Lipinski definition) is 0. The van der Waals surface area contributed by atoms with Crippen LogP contribution in [-0.2, 0) is 0 Å². The van der Waals surface area contributed by atoms with Crippen molar-refractivity contribution in [3.8, 4) is 0 Å². The van der Waals surface area contributed by atoms with E-state index >= 15 is 0 Å². The Hall–Kier alpha value is -1.02. The number of pyridine rings is 1. The van der Waals surface area contributed by atoms with Crippen molar-refractivity contribution < 1.29 is 4.98 Å². The van der Waals surface area contributed by atoms with Crippen LogP contribution in [0.4, 0.5) is 0 Å². The highest BCUT2D eigenvalue weighted by Crippen LogP contribution is 2.22. The smallest absolute Gasteiger partial charge is 0.211 e. The van der Waals surface area contributed by atoms with E-state index in [4.69, 9.17) is 0 Å². The molecule has 0 atom stereocenters. The van der Waals surface area contributed by atoms with Gasteiger partial charge in [0.15, 0.2) is 6.20 Å². The average molecular weight is 176 g/mol. The van der Waals surface area contributed by atoms with Gasteiger partial charge in [0.25, 0.3) is 0 Å². The maximum Gasteiger partial charge on any atom is 0.211 e. The SMILES string of the molecule is CSc1cc[nH+]c2ccccc12. The molecule has 1 heterocycles.